The first kappa shape index (κ1) is 15.6. The van der Waals surface area contributed by atoms with Crippen LogP contribution in [0.25, 0.3) is 10.8 Å². The molecule has 0 aliphatic heterocycles. The lowest BCUT2D eigenvalue weighted by Crippen LogP contribution is -2.14. The molecule has 2 heterocycles. The molecule has 2 aromatic heterocycles. The number of carbonyl (C=O) groups excluding carboxylic acids is 1. The van der Waals surface area contributed by atoms with Gasteiger partial charge in [-0.2, -0.15) is 4.98 Å². The number of rotatable bonds is 3. The minimum absolute atomic E-state index is 0.106. The molecule has 0 saturated carbocycles. The Morgan fingerprint density at radius 2 is 1.73 bits per heavy atom. The quantitative estimate of drug-likeness (QED) is 0.527. The molecule has 7 nitrogen and oxygen atoms in total. The highest BCUT2D eigenvalue weighted by atomic mass is 16.3. The number of nitrogens with one attached hydrogen (secondary N) is 1. The van der Waals surface area contributed by atoms with Gasteiger partial charge in [0.15, 0.2) is 0 Å². The van der Waals surface area contributed by atoms with E-state index in [1.165, 1.54) is 16.7 Å². The normalized spacial score (nSPS) is 10.8. The highest BCUT2D eigenvalue weighted by molar-refractivity contribution is 5.98. The van der Waals surface area contributed by atoms with E-state index >= 15 is 0 Å². The number of anilines is 3. The van der Waals surface area contributed by atoms with Crippen LogP contribution in [0.3, 0.4) is 0 Å². The largest absolute Gasteiger partial charge is 0.508 e. The van der Waals surface area contributed by atoms with Crippen LogP contribution < -0.4 is 11.1 Å². The average molecular weight is 345 g/mol. The van der Waals surface area contributed by atoms with E-state index < -0.39 is 0 Å². The van der Waals surface area contributed by atoms with E-state index in [9.17, 15) is 9.90 Å². The number of phenolic OH excluding ortho intramolecular Hbond substituents is 1. The van der Waals surface area contributed by atoms with Gasteiger partial charge in [-0.1, -0.05) is 30.3 Å². The average Bonchev–Trinajstić information content (AvgIpc) is 3.04. The number of benzene rings is 2. The summed E-state index contributed by atoms with van der Waals surface area (Å²) in [6.45, 7) is 0. The molecule has 0 saturated heterocycles. The molecule has 0 unspecified atom stereocenters. The SMILES string of the molecule is Nc1cc(C(=O)n2cc3ccccc3c2)nc(Nc2cccc(O)c2)n1. The van der Waals surface area contributed by atoms with Gasteiger partial charge in [-0.3, -0.25) is 9.36 Å². The molecule has 4 aromatic rings. The molecule has 0 aliphatic rings. The van der Waals surface area contributed by atoms with Gasteiger partial charge < -0.3 is 16.2 Å². The number of hydrogen-bond acceptors (Lipinski definition) is 6. The summed E-state index contributed by atoms with van der Waals surface area (Å²) in [4.78, 5) is 21.1. The lowest BCUT2D eigenvalue weighted by atomic mass is 10.2. The second kappa shape index (κ2) is 6.21. The van der Waals surface area contributed by atoms with Crippen molar-refractivity contribution in [2.45, 2.75) is 0 Å². The molecule has 0 bridgehead atoms. The Bertz CT molecular complexity index is 1090. The van der Waals surface area contributed by atoms with Crippen molar-refractivity contribution in [3.05, 3.63) is 72.7 Å². The summed E-state index contributed by atoms with van der Waals surface area (Å²) >= 11 is 0. The molecule has 0 amide bonds. The number of fused-ring (bicyclic) bond motifs is 1. The molecule has 7 heteroatoms. The maximum absolute atomic E-state index is 12.8. The molecule has 2 aromatic carbocycles. The summed E-state index contributed by atoms with van der Waals surface area (Å²) in [6, 6.07) is 15.6. The van der Waals surface area contributed by atoms with Crippen molar-refractivity contribution in [1.82, 2.24) is 14.5 Å². The van der Waals surface area contributed by atoms with Gasteiger partial charge in [0, 0.05) is 30.2 Å². The van der Waals surface area contributed by atoms with Gasteiger partial charge in [-0.15, -0.1) is 0 Å². The van der Waals surface area contributed by atoms with Crippen LogP contribution in [-0.4, -0.2) is 25.5 Å². The zero-order valence-electron chi connectivity index (χ0n) is 13.6. The molecule has 0 fully saturated rings. The molecule has 4 rings (SSSR count). The maximum atomic E-state index is 12.8. The smallest absolute Gasteiger partial charge is 0.280 e. The molecular weight excluding hydrogens is 330 g/mol. The Labute approximate surface area is 148 Å². The first-order valence-electron chi connectivity index (χ1n) is 7.90. The number of nitrogen functional groups attached to an aromatic ring is 1. The lowest BCUT2D eigenvalue weighted by Gasteiger charge is -2.08. The number of aromatic hydroxyl groups is 1. The molecule has 0 radical (unpaired) electrons. The molecule has 0 spiro atoms. The maximum Gasteiger partial charge on any atom is 0.280 e. The van der Waals surface area contributed by atoms with Gasteiger partial charge in [-0.25, -0.2) is 4.98 Å². The minimum Gasteiger partial charge on any atom is -0.508 e. The predicted molar refractivity (Wildman–Crippen MR) is 99.5 cm³/mol. The Hall–Kier alpha value is -3.87. The monoisotopic (exact) mass is 345 g/mol. The first-order valence-corrected chi connectivity index (χ1v) is 7.90. The summed E-state index contributed by atoms with van der Waals surface area (Å²) in [5.41, 5.74) is 6.58. The van der Waals surface area contributed by atoms with E-state index in [1.54, 1.807) is 30.6 Å². The van der Waals surface area contributed by atoms with Gasteiger partial charge in [0.1, 0.15) is 17.3 Å². The van der Waals surface area contributed by atoms with Gasteiger partial charge in [0.25, 0.3) is 5.91 Å². The fourth-order valence-electron chi connectivity index (χ4n) is 2.68. The second-order valence-electron chi connectivity index (χ2n) is 5.78. The predicted octanol–water partition coefficient (Wildman–Crippen LogP) is 3.15. The van der Waals surface area contributed by atoms with Crippen LogP contribution in [0, 0.1) is 0 Å². The Morgan fingerprint density at radius 3 is 2.42 bits per heavy atom. The van der Waals surface area contributed by atoms with E-state index in [2.05, 4.69) is 15.3 Å². The van der Waals surface area contributed by atoms with Gasteiger partial charge in [0.2, 0.25) is 5.95 Å². The lowest BCUT2D eigenvalue weighted by molar-refractivity contribution is 0.0955. The highest BCUT2D eigenvalue weighted by Gasteiger charge is 2.14. The zero-order valence-corrected chi connectivity index (χ0v) is 13.6. The standard InChI is InChI=1S/C19H15N5O2/c20-17-9-16(18(26)24-10-12-4-1-2-5-13(12)11-24)22-19(23-17)21-14-6-3-7-15(25)8-14/h1-11,25H,(H3,20,21,22,23). The van der Waals surface area contributed by atoms with Gasteiger partial charge in [0.05, 0.1) is 0 Å². The van der Waals surface area contributed by atoms with E-state index in [-0.39, 0.29) is 29.1 Å². The molecular formula is C19H15N5O2. The first-order chi connectivity index (χ1) is 12.6. The third kappa shape index (κ3) is 3.05. The van der Waals surface area contributed by atoms with Gasteiger partial charge in [-0.05, 0) is 22.9 Å². The van der Waals surface area contributed by atoms with Crippen LogP contribution >= 0.6 is 0 Å². The van der Waals surface area contributed by atoms with Crippen LogP contribution in [0.15, 0.2) is 67.0 Å². The number of nitrogens with two attached hydrogens (primary N) is 1. The second-order valence-corrected chi connectivity index (χ2v) is 5.78. The van der Waals surface area contributed by atoms with Crippen molar-refractivity contribution < 1.29 is 9.90 Å². The fraction of sp³-hybridized carbons (Fsp3) is 0. The van der Waals surface area contributed by atoms with Crippen molar-refractivity contribution in [1.29, 1.82) is 0 Å². The Kier molecular flexibility index (Phi) is 3.74. The van der Waals surface area contributed by atoms with Crippen molar-refractivity contribution in [2.75, 3.05) is 11.1 Å². The summed E-state index contributed by atoms with van der Waals surface area (Å²) in [5, 5.41) is 14.4. The van der Waals surface area contributed by atoms with Crippen molar-refractivity contribution >= 4 is 34.1 Å². The number of phenols is 1. The molecule has 0 aliphatic carbocycles. The van der Waals surface area contributed by atoms with E-state index in [0.717, 1.165) is 10.8 Å². The Balaban J connectivity index is 1.67. The summed E-state index contributed by atoms with van der Waals surface area (Å²) in [5.74, 6) is 0.141. The van der Waals surface area contributed by atoms with Gasteiger partial charge >= 0.3 is 0 Å². The third-order valence-electron chi connectivity index (χ3n) is 3.85. The van der Waals surface area contributed by atoms with E-state index in [1.807, 2.05) is 24.3 Å². The summed E-state index contributed by atoms with van der Waals surface area (Å²) < 4.78 is 1.48. The number of nitrogens with zero attached hydrogens (tertiary/aromatic N) is 3. The van der Waals surface area contributed by atoms with Crippen molar-refractivity contribution in [3.63, 3.8) is 0 Å². The van der Waals surface area contributed by atoms with E-state index in [4.69, 9.17) is 5.73 Å². The van der Waals surface area contributed by atoms with Crippen LogP contribution in [0.2, 0.25) is 0 Å². The van der Waals surface area contributed by atoms with Crippen LogP contribution in [0.4, 0.5) is 17.5 Å². The van der Waals surface area contributed by atoms with Crippen LogP contribution in [0.5, 0.6) is 5.75 Å². The molecule has 4 N–H and O–H groups in total. The molecule has 0 atom stereocenters. The van der Waals surface area contributed by atoms with Crippen LogP contribution in [0.1, 0.15) is 10.5 Å². The molecule has 26 heavy (non-hydrogen) atoms. The third-order valence-corrected chi connectivity index (χ3v) is 3.85. The highest BCUT2D eigenvalue weighted by Crippen LogP contribution is 2.20. The van der Waals surface area contributed by atoms with Crippen molar-refractivity contribution in [3.8, 4) is 5.75 Å². The summed E-state index contributed by atoms with van der Waals surface area (Å²) in [7, 11) is 0. The fourth-order valence-corrected chi connectivity index (χ4v) is 2.68. The van der Waals surface area contributed by atoms with E-state index in [0.29, 0.717) is 5.69 Å². The topological polar surface area (TPSA) is 106 Å². The molecule has 128 valence electrons. The number of aromatic nitrogens is 3. The number of carbonyl (C=O) groups is 1. The zero-order chi connectivity index (χ0) is 18.1. The van der Waals surface area contributed by atoms with Crippen LogP contribution in [-0.2, 0) is 0 Å². The minimum atomic E-state index is -0.311. The van der Waals surface area contributed by atoms with Crippen molar-refractivity contribution in [2.24, 2.45) is 0 Å². The number of hydrogen-bond donors (Lipinski definition) is 3. The Morgan fingerprint density at radius 1 is 1.00 bits per heavy atom. The summed E-state index contributed by atoms with van der Waals surface area (Å²) in [6.07, 6.45) is 3.50.